The van der Waals surface area contributed by atoms with Gasteiger partial charge in [0, 0.05) is 0 Å². The lowest BCUT2D eigenvalue weighted by molar-refractivity contribution is 0.331. The average molecular weight is 257 g/mol. The van der Waals surface area contributed by atoms with E-state index in [4.69, 9.17) is 0 Å². The summed E-state index contributed by atoms with van der Waals surface area (Å²) in [6.45, 7) is 9.58. The fourth-order valence-electron chi connectivity index (χ4n) is 1.36. The van der Waals surface area contributed by atoms with Crippen LogP contribution >= 0.6 is 14.8 Å². The largest absolute Gasteiger partial charge is 0.217 e. The van der Waals surface area contributed by atoms with Crippen molar-refractivity contribution in [3.63, 3.8) is 0 Å². The van der Waals surface area contributed by atoms with E-state index < -0.39 is 13.0 Å². The van der Waals surface area contributed by atoms with E-state index in [9.17, 15) is 8.42 Å². The van der Waals surface area contributed by atoms with Gasteiger partial charge in [-0.25, -0.2) is 8.42 Å². The molecule has 0 bridgehead atoms. The Morgan fingerprint density at radius 1 is 1.08 bits per heavy atom. The van der Waals surface area contributed by atoms with Crippen molar-refractivity contribution in [1.29, 1.82) is 0 Å². The standard InChI is InChI=1S/C8H17BrO2S/c1-7(2,3)6-8(4,5)12(9,10)11/h6H2,1-5H3. The number of rotatable bonds is 2. The lowest BCUT2D eigenvalue weighted by Crippen LogP contribution is -2.32. The van der Waals surface area contributed by atoms with E-state index in [-0.39, 0.29) is 5.41 Å². The minimum absolute atomic E-state index is 0.0321. The highest BCUT2D eigenvalue weighted by Crippen LogP contribution is 2.34. The molecular weight excluding hydrogens is 240 g/mol. The molecule has 0 aromatic heterocycles. The van der Waals surface area contributed by atoms with Gasteiger partial charge >= 0.3 is 0 Å². The van der Waals surface area contributed by atoms with Crippen molar-refractivity contribution >= 4 is 23.1 Å². The fourth-order valence-corrected chi connectivity index (χ4v) is 2.31. The summed E-state index contributed by atoms with van der Waals surface area (Å²) < 4.78 is 21.8. The maximum atomic E-state index is 11.2. The summed E-state index contributed by atoms with van der Waals surface area (Å²) in [6.07, 6.45) is 0.646. The maximum absolute atomic E-state index is 11.2. The van der Waals surface area contributed by atoms with Crippen molar-refractivity contribution in [2.45, 2.75) is 45.8 Å². The zero-order valence-corrected chi connectivity index (χ0v) is 10.7. The molecule has 2 nitrogen and oxygen atoms in total. The lowest BCUT2D eigenvalue weighted by atomic mass is 9.86. The number of hydrogen-bond acceptors (Lipinski definition) is 2. The molecule has 0 N–H and O–H groups in total. The molecule has 0 heterocycles. The van der Waals surface area contributed by atoms with Gasteiger partial charge in [-0.05, 0) is 25.7 Å². The first-order valence-electron chi connectivity index (χ1n) is 3.90. The summed E-state index contributed by atoms with van der Waals surface area (Å²) >= 11 is 2.72. The Hall–Kier alpha value is 0.430. The van der Waals surface area contributed by atoms with Crippen LogP contribution in [0.25, 0.3) is 0 Å². The molecule has 0 radical (unpaired) electrons. The molecule has 0 spiro atoms. The van der Waals surface area contributed by atoms with Crippen LogP contribution < -0.4 is 0 Å². The highest BCUT2D eigenvalue weighted by molar-refractivity contribution is 9.47. The van der Waals surface area contributed by atoms with Crippen LogP contribution in [0, 0.1) is 5.41 Å². The lowest BCUT2D eigenvalue weighted by Gasteiger charge is -2.29. The second-order valence-corrected chi connectivity index (χ2v) is 9.47. The predicted molar refractivity (Wildman–Crippen MR) is 56.0 cm³/mol. The van der Waals surface area contributed by atoms with Crippen LogP contribution in [-0.4, -0.2) is 13.2 Å². The summed E-state index contributed by atoms with van der Waals surface area (Å²) in [6, 6.07) is 0. The fraction of sp³-hybridized carbons (Fsp3) is 1.00. The van der Waals surface area contributed by atoms with E-state index in [1.54, 1.807) is 13.8 Å². The van der Waals surface area contributed by atoms with Gasteiger partial charge in [0.15, 0.2) is 0 Å². The van der Waals surface area contributed by atoms with Gasteiger partial charge in [-0.15, -0.1) is 0 Å². The number of hydrogen-bond donors (Lipinski definition) is 0. The summed E-state index contributed by atoms with van der Waals surface area (Å²) in [5.74, 6) is 0. The first kappa shape index (κ1) is 12.4. The van der Waals surface area contributed by atoms with Crippen molar-refractivity contribution < 1.29 is 8.42 Å². The molecule has 0 atom stereocenters. The smallest absolute Gasteiger partial charge is 0.214 e. The normalized spacial score (nSPS) is 14.8. The molecule has 74 valence electrons. The van der Waals surface area contributed by atoms with Crippen LogP contribution in [0.4, 0.5) is 0 Å². The third-order valence-electron chi connectivity index (χ3n) is 1.62. The Morgan fingerprint density at radius 2 is 1.42 bits per heavy atom. The van der Waals surface area contributed by atoms with Crippen molar-refractivity contribution in [2.75, 3.05) is 0 Å². The second-order valence-electron chi connectivity index (χ2n) is 4.93. The topological polar surface area (TPSA) is 34.1 Å². The molecule has 0 fully saturated rings. The van der Waals surface area contributed by atoms with Gasteiger partial charge in [0.2, 0.25) is 8.27 Å². The van der Waals surface area contributed by atoms with Crippen molar-refractivity contribution in [3.8, 4) is 0 Å². The van der Waals surface area contributed by atoms with Crippen molar-refractivity contribution in [2.24, 2.45) is 5.41 Å². The van der Waals surface area contributed by atoms with Crippen molar-refractivity contribution in [3.05, 3.63) is 0 Å². The SMILES string of the molecule is CC(C)(C)CC(C)(C)S(=O)(=O)Br. The van der Waals surface area contributed by atoms with Crippen LogP contribution in [0.15, 0.2) is 0 Å². The Morgan fingerprint density at radius 3 is 1.50 bits per heavy atom. The number of halogens is 1. The van der Waals surface area contributed by atoms with Crippen LogP contribution in [0.5, 0.6) is 0 Å². The van der Waals surface area contributed by atoms with Crippen LogP contribution in [0.2, 0.25) is 0 Å². The first-order chi connectivity index (χ1) is 4.96. The Labute approximate surface area is 82.9 Å². The molecule has 0 aliphatic carbocycles. The molecule has 0 aromatic rings. The summed E-state index contributed by atoms with van der Waals surface area (Å²) in [7, 11) is -3.12. The van der Waals surface area contributed by atoms with E-state index in [2.05, 4.69) is 14.8 Å². The van der Waals surface area contributed by atoms with Gasteiger partial charge in [0.25, 0.3) is 0 Å². The Balaban J connectivity index is 4.68. The molecule has 0 rings (SSSR count). The molecule has 0 amide bonds. The van der Waals surface area contributed by atoms with Crippen LogP contribution in [-0.2, 0) is 8.27 Å². The molecule has 0 saturated carbocycles. The molecule has 0 aliphatic rings. The van der Waals surface area contributed by atoms with Crippen molar-refractivity contribution in [1.82, 2.24) is 0 Å². The molecular formula is C8H17BrO2S. The highest BCUT2D eigenvalue weighted by atomic mass is 79.9. The minimum Gasteiger partial charge on any atom is -0.217 e. The van der Waals surface area contributed by atoms with Gasteiger partial charge in [-0.2, -0.15) is 0 Å². The summed E-state index contributed by atoms with van der Waals surface area (Å²) in [5, 5.41) is 0. The van der Waals surface area contributed by atoms with Gasteiger partial charge in [-0.3, -0.25) is 0 Å². The average Bonchev–Trinajstić information content (AvgIpc) is 1.52. The van der Waals surface area contributed by atoms with Gasteiger partial charge in [0.1, 0.15) is 0 Å². The third kappa shape index (κ3) is 3.90. The predicted octanol–water partition coefficient (Wildman–Crippen LogP) is 2.93. The molecule has 0 unspecified atom stereocenters. The summed E-state index contributed by atoms with van der Waals surface area (Å²) in [5.41, 5.74) is 0.0321. The molecule has 0 saturated heterocycles. The van der Waals surface area contributed by atoms with E-state index >= 15 is 0 Å². The van der Waals surface area contributed by atoms with E-state index in [1.807, 2.05) is 20.8 Å². The molecule has 0 aromatic carbocycles. The monoisotopic (exact) mass is 256 g/mol. The van der Waals surface area contributed by atoms with Gasteiger partial charge < -0.3 is 0 Å². The van der Waals surface area contributed by atoms with E-state index in [0.29, 0.717) is 6.42 Å². The van der Waals surface area contributed by atoms with E-state index in [1.165, 1.54) is 0 Å². The second kappa shape index (κ2) is 3.29. The summed E-state index contributed by atoms with van der Waals surface area (Å²) in [4.78, 5) is 0. The van der Waals surface area contributed by atoms with Gasteiger partial charge in [0.05, 0.1) is 19.6 Å². The van der Waals surface area contributed by atoms with E-state index in [0.717, 1.165) is 0 Å². The highest BCUT2D eigenvalue weighted by Gasteiger charge is 2.35. The Kier molecular flexibility index (Phi) is 3.41. The zero-order valence-electron chi connectivity index (χ0n) is 8.31. The maximum Gasteiger partial charge on any atom is 0.214 e. The molecule has 0 aliphatic heterocycles. The minimum atomic E-state index is -3.12. The molecule has 4 heteroatoms. The molecule has 12 heavy (non-hydrogen) atoms. The Bertz CT molecular complexity index is 247. The first-order valence-corrected chi connectivity index (χ1v) is 7.22. The third-order valence-corrected chi connectivity index (χ3v) is 5.71. The van der Waals surface area contributed by atoms with Crippen LogP contribution in [0.3, 0.4) is 0 Å². The van der Waals surface area contributed by atoms with Gasteiger partial charge in [-0.1, -0.05) is 20.8 Å². The zero-order chi connectivity index (χ0) is 10.2. The van der Waals surface area contributed by atoms with Crippen LogP contribution in [0.1, 0.15) is 41.0 Å². The quantitative estimate of drug-likeness (QED) is 0.713.